The highest BCUT2D eigenvalue weighted by Crippen LogP contribution is 2.28. The van der Waals surface area contributed by atoms with Crippen molar-refractivity contribution in [2.24, 2.45) is 0 Å². The molecule has 1 N–H and O–H groups in total. The Kier molecular flexibility index (Phi) is 11.6. The van der Waals surface area contributed by atoms with Gasteiger partial charge in [0.1, 0.15) is 18.3 Å². The van der Waals surface area contributed by atoms with E-state index in [4.69, 9.17) is 4.74 Å². The van der Waals surface area contributed by atoms with Crippen molar-refractivity contribution in [1.29, 1.82) is 0 Å². The summed E-state index contributed by atoms with van der Waals surface area (Å²) < 4.78 is 32.7. The van der Waals surface area contributed by atoms with Crippen molar-refractivity contribution < 1.29 is 22.7 Å². The van der Waals surface area contributed by atoms with Gasteiger partial charge in [0.15, 0.2) is 0 Å². The number of carbonyl (C=O) groups is 2. The molecule has 3 rings (SSSR count). The number of hydrogen-bond acceptors (Lipinski definition) is 5. The van der Waals surface area contributed by atoms with Gasteiger partial charge in [-0.1, -0.05) is 67.9 Å². The summed E-state index contributed by atoms with van der Waals surface area (Å²) >= 11 is 3.41. The number of methoxy groups -OCH3 is 1. The molecule has 0 bridgehead atoms. The van der Waals surface area contributed by atoms with Gasteiger partial charge in [-0.25, -0.2) is 8.42 Å². The van der Waals surface area contributed by atoms with Gasteiger partial charge in [-0.05, 0) is 57.7 Å². The molecule has 0 aliphatic rings. The number of benzene rings is 3. The molecule has 10 heteroatoms. The highest BCUT2D eigenvalue weighted by Gasteiger charge is 2.33. The molecule has 1 unspecified atom stereocenters. The number of para-hydroxylation sites is 1. The first-order valence-corrected chi connectivity index (χ1v) is 15.7. The summed E-state index contributed by atoms with van der Waals surface area (Å²) in [5, 5.41) is 2.98. The van der Waals surface area contributed by atoms with E-state index in [1.54, 1.807) is 43.5 Å². The number of unbranched alkanes of at least 4 members (excludes halogenated alkanes) is 1. The van der Waals surface area contributed by atoms with Crippen molar-refractivity contribution >= 4 is 43.5 Å². The smallest absolute Gasteiger partial charge is 0.244 e. The Morgan fingerprint density at radius 2 is 1.65 bits per heavy atom. The summed E-state index contributed by atoms with van der Waals surface area (Å²) in [5.74, 6) is -0.182. The molecule has 40 heavy (non-hydrogen) atoms. The zero-order valence-corrected chi connectivity index (χ0v) is 25.4. The van der Waals surface area contributed by atoms with E-state index in [0.29, 0.717) is 22.5 Å². The fraction of sp³-hybridized carbons (Fsp3) is 0.333. The second kappa shape index (κ2) is 14.9. The lowest BCUT2D eigenvalue weighted by atomic mass is 10.0. The number of hydrogen-bond donors (Lipinski definition) is 1. The molecule has 0 aliphatic heterocycles. The van der Waals surface area contributed by atoms with Gasteiger partial charge in [0, 0.05) is 24.0 Å². The Morgan fingerprint density at radius 1 is 0.975 bits per heavy atom. The van der Waals surface area contributed by atoms with E-state index >= 15 is 0 Å². The molecule has 0 heterocycles. The predicted molar refractivity (Wildman–Crippen MR) is 162 cm³/mol. The molecule has 0 saturated carbocycles. The Hall–Kier alpha value is -3.37. The molecule has 3 aromatic carbocycles. The summed E-state index contributed by atoms with van der Waals surface area (Å²) in [6, 6.07) is 22.7. The Morgan fingerprint density at radius 3 is 2.30 bits per heavy atom. The number of sulfonamides is 1. The van der Waals surface area contributed by atoms with Crippen LogP contribution in [0.3, 0.4) is 0 Å². The lowest BCUT2D eigenvalue weighted by Crippen LogP contribution is -2.53. The molecule has 3 aromatic rings. The van der Waals surface area contributed by atoms with Crippen LogP contribution < -0.4 is 14.4 Å². The fourth-order valence-corrected chi connectivity index (χ4v) is 5.75. The third-order valence-corrected chi connectivity index (χ3v) is 8.19. The molecule has 214 valence electrons. The fourth-order valence-electron chi connectivity index (χ4n) is 4.28. The summed E-state index contributed by atoms with van der Waals surface area (Å²) in [4.78, 5) is 29.2. The van der Waals surface area contributed by atoms with E-state index < -0.39 is 28.5 Å². The Bertz CT molecular complexity index is 1380. The van der Waals surface area contributed by atoms with Gasteiger partial charge in [0.05, 0.1) is 19.1 Å². The maximum atomic E-state index is 14.1. The Balaban J connectivity index is 2.05. The van der Waals surface area contributed by atoms with Crippen LogP contribution in [0.4, 0.5) is 5.69 Å². The number of anilines is 1. The summed E-state index contributed by atoms with van der Waals surface area (Å²) in [6.45, 7) is 2.13. The number of halogens is 1. The van der Waals surface area contributed by atoms with E-state index in [0.717, 1.165) is 34.5 Å². The minimum Gasteiger partial charge on any atom is -0.497 e. The van der Waals surface area contributed by atoms with Crippen LogP contribution in [0.2, 0.25) is 0 Å². The average molecular weight is 631 g/mol. The highest BCUT2D eigenvalue weighted by atomic mass is 79.9. The lowest BCUT2D eigenvalue weighted by molar-refractivity contribution is -0.140. The number of carbonyl (C=O) groups excluding carboxylic acids is 2. The maximum absolute atomic E-state index is 14.1. The first-order valence-electron chi connectivity index (χ1n) is 13.1. The number of ether oxygens (including phenoxy) is 1. The summed E-state index contributed by atoms with van der Waals surface area (Å²) in [6.07, 6.45) is 3.04. The zero-order valence-electron chi connectivity index (χ0n) is 23.0. The van der Waals surface area contributed by atoms with E-state index in [2.05, 4.69) is 21.2 Å². The monoisotopic (exact) mass is 629 g/mol. The van der Waals surface area contributed by atoms with Gasteiger partial charge in [-0.2, -0.15) is 0 Å². The van der Waals surface area contributed by atoms with Crippen molar-refractivity contribution in [2.45, 2.75) is 38.8 Å². The van der Waals surface area contributed by atoms with E-state index in [1.165, 1.54) is 4.90 Å². The third kappa shape index (κ3) is 8.82. The van der Waals surface area contributed by atoms with Crippen LogP contribution in [0.5, 0.6) is 5.75 Å². The summed E-state index contributed by atoms with van der Waals surface area (Å²) in [5.41, 5.74) is 1.97. The maximum Gasteiger partial charge on any atom is 0.244 e. The van der Waals surface area contributed by atoms with Crippen LogP contribution in [0.1, 0.15) is 30.9 Å². The molecular formula is C30H36BrN3O5S. The van der Waals surface area contributed by atoms with Gasteiger partial charge in [0.2, 0.25) is 21.8 Å². The standard InChI is InChI=1S/C30H36BrN3O5S/c1-4-5-18-32-30(36)28(20-23-12-7-6-8-13-23)33(21-24-14-11-15-25(19-24)39-2)29(35)22-34(40(3,37)38)27-17-10-9-16-26(27)31/h6-17,19,28H,4-5,18,20-22H2,1-3H3,(H,32,36). The zero-order chi connectivity index (χ0) is 29.1. The van der Waals surface area contributed by atoms with Crippen LogP contribution in [0.15, 0.2) is 83.3 Å². The van der Waals surface area contributed by atoms with Gasteiger partial charge in [0.25, 0.3) is 0 Å². The van der Waals surface area contributed by atoms with Crippen LogP contribution >= 0.6 is 15.9 Å². The number of nitrogens with zero attached hydrogens (tertiary/aromatic N) is 2. The molecule has 0 saturated heterocycles. The molecule has 0 fully saturated rings. The second-order valence-electron chi connectivity index (χ2n) is 9.44. The van der Waals surface area contributed by atoms with Crippen molar-refractivity contribution in [3.63, 3.8) is 0 Å². The van der Waals surface area contributed by atoms with Crippen LogP contribution in [0.25, 0.3) is 0 Å². The van der Waals surface area contributed by atoms with E-state index in [9.17, 15) is 18.0 Å². The van der Waals surface area contributed by atoms with Crippen molar-refractivity contribution in [3.05, 3.63) is 94.5 Å². The third-order valence-electron chi connectivity index (χ3n) is 6.39. The molecule has 8 nitrogen and oxygen atoms in total. The molecule has 0 spiro atoms. The minimum absolute atomic E-state index is 0.0856. The van der Waals surface area contributed by atoms with Crippen LogP contribution in [0, 0.1) is 0 Å². The number of rotatable bonds is 14. The van der Waals surface area contributed by atoms with Crippen LogP contribution in [-0.4, -0.2) is 57.6 Å². The van der Waals surface area contributed by atoms with Gasteiger partial charge in [-0.15, -0.1) is 0 Å². The largest absolute Gasteiger partial charge is 0.497 e. The van der Waals surface area contributed by atoms with Gasteiger partial charge >= 0.3 is 0 Å². The quantitative estimate of drug-likeness (QED) is 0.259. The lowest BCUT2D eigenvalue weighted by Gasteiger charge is -2.33. The highest BCUT2D eigenvalue weighted by molar-refractivity contribution is 9.10. The first-order chi connectivity index (χ1) is 19.1. The van der Waals surface area contributed by atoms with E-state index in [-0.39, 0.29) is 18.9 Å². The van der Waals surface area contributed by atoms with Crippen molar-refractivity contribution in [2.75, 3.05) is 30.8 Å². The normalized spacial score (nSPS) is 11.9. The average Bonchev–Trinajstić information content (AvgIpc) is 2.94. The van der Waals surface area contributed by atoms with Gasteiger partial charge in [-0.3, -0.25) is 13.9 Å². The van der Waals surface area contributed by atoms with E-state index in [1.807, 2.05) is 49.4 Å². The number of nitrogens with one attached hydrogen (secondary N) is 1. The molecule has 0 aliphatic carbocycles. The molecule has 0 aromatic heterocycles. The SMILES string of the molecule is CCCCNC(=O)C(Cc1ccccc1)N(Cc1cccc(OC)c1)C(=O)CN(c1ccccc1Br)S(C)(=O)=O. The molecule has 2 amide bonds. The molecular weight excluding hydrogens is 594 g/mol. The minimum atomic E-state index is -3.84. The molecule has 0 radical (unpaired) electrons. The Labute approximate surface area is 245 Å². The van der Waals surface area contributed by atoms with Gasteiger partial charge < -0.3 is 15.0 Å². The topological polar surface area (TPSA) is 96.0 Å². The summed E-state index contributed by atoms with van der Waals surface area (Å²) in [7, 11) is -2.28. The van der Waals surface area contributed by atoms with Crippen molar-refractivity contribution in [3.8, 4) is 5.75 Å². The molecule has 1 atom stereocenters. The first kappa shape index (κ1) is 31.2. The van der Waals surface area contributed by atoms with Crippen LogP contribution in [-0.2, 0) is 32.6 Å². The predicted octanol–water partition coefficient (Wildman–Crippen LogP) is 4.78. The van der Waals surface area contributed by atoms with Crippen molar-refractivity contribution in [1.82, 2.24) is 10.2 Å². The number of amides is 2. The second-order valence-corrected chi connectivity index (χ2v) is 12.2.